The highest BCUT2D eigenvalue weighted by Crippen LogP contribution is 2.32. The molecule has 3 heterocycles. The fraction of sp³-hybridized carbons (Fsp3) is 0.789. The molecule has 0 bridgehead atoms. The molecule has 4 rings (SSSR count). The van der Waals surface area contributed by atoms with Gasteiger partial charge in [-0.05, 0) is 25.7 Å². The molecule has 1 N–H and O–H groups in total. The third-order valence-corrected chi connectivity index (χ3v) is 5.73. The van der Waals surface area contributed by atoms with Crippen molar-refractivity contribution in [2.45, 2.75) is 39.3 Å². The van der Waals surface area contributed by atoms with Crippen LogP contribution in [0.4, 0.5) is 0 Å². The molecule has 0 radical (unpaired) electrons. The molecule has 1 aromatic rings. The van der Waals surface area contributed by atoms with Gasteiger partial charge < -0.3 is 10.1 Å². The van der Waals surface area contributed by atoms with E-state index in [2.05, 4.69) is 19.8 Å². The third-order valence-electron chi connectivity index (χ3n) is 5.73. The third kappa shape index (κ3) is 4.10. The summed E-state index contributed by atoms with van der Waals surface area (Å²) in [5.41, 5.74) is 3.10. The number of morpholine rings is 1. The Bertz CT molecular complexity index is 634. The largest absolute Gasteiger partial charge is 0.379 e. The number of nitrogens with one attached hydrogen (secondary N) is 1. The van der Waals surface area contributed by atoms with Crippen LogP contribution in [0.2, 0.25) is 0 Å². The summed E-state index contributed by atoms with van der Waals surface area (Å²) in [6, 6.07) is 0. The van der Waals surface area contributed by atoms with E-state index in [0.29, 0.717) is 12.2 Å². The molecular weight excluding hydrogens is 330 g/mol. The van der Waals surface area contributed by atoms with Crippen molar-refractivity contribution in [2.24, 2.45) is 5.92 Å². The van der Waals surface area contributed by atoms with Crippen LogP contribution >= 0.6 is 0 Å². The van der Waals surface area contributed by atoms with E-state index >= 15 is 0 Å². The quantitative estimate of drug-likeness (QED) is 0.776. The topological polar surface area (TPSA) is 62.6 Å². The van der Waals surface area contributed by atoms with Gasteiger partial charge >= 0.3 is 0 Å². The maximum atomic E-state index is 12.5. The van der Waals surface area contributed by atoms with Gasteiger partial charge in [-0.15, -0.1) is 0 Å². The Morgan fingerprint density at radius 1 is 1.19 bits per heavy atom. The van der Waals surface area contributed by atoms with E-state index in [1.165, 1.54) is 18.5 Å². The summed E-state index contributed by atoms with van der Waals surface area (Å²) in [4.78, 5) is 17.5. The van der Waals surface area contributed by atoms with Gasteiger partial charge in [-0.2, -0.15) is 5.10 Å². The predicted molar refractivity (Wildman–Crippen MR) is 99.2 cm³/mol. The second kappa shape index (κ2) is 8.06. The zero-order valence-corrected chi connectivity index (χ0v) is 15.9. The molecule has 1 saturated carbocycles. The average molecular weight is 361 g/mol. The lowest BCUT2D eigenvalue weighted by Crippen LogP contribution is -2.42. The van der Waals surface area contributed by atoms with Gasteiger partial charge in [0.2, 0.25) is 0 Å². The van der Waals surface area contributed by atoms with Crippen molar-refractivity contribution in [3.05, 3.63) is 17.0 Å². The number of fused-ring (bicyclic) bond motifs is 1. The Balaban J connectivity index is 1.44. The molecule has 26 heavy (non-hydrogen) atoms. The fourth-order valence-corrected chi connectivity index (χ4v) is 3.97. The summed E-state index contributed by atoms with van der Waals surface area (Å²) in [6.07, 6.45) is 3.60. The Labute approximate surface area is 155 Å². The molecule has 0 spiro atoms. The lowest BCUT2D eigenvalue weighted by atomic mass is 10.0. The second-order valence-corrected chi connectivity index (χ2v) is 7.74. The number of ether oxygens (including phenoxy) is 1. The summed E-state index contributed by atoms with van der Waals surface area (Å²) in [7, 11) is 0. The van der Waals surface area contributed by atoms with Crippen LogP contribution in [0.3, 0.4) is 0 Å². The van der Waals surface area contributed by atoms with Crippen LogP contribution in [0.5, 0.6) is 0 Å². The Morgan fingerprint density at radius 2 is 1.96 bits per heavy atom. The van der Waals surface area contributed by atoms with E-state index in [1.807, 2.05) is 6.92 Å². The highest BCUT2D eigenvalue weighted by atomic mass is 16.5. The molecule has 2 aliphatic heterocycles. The maximum Gasteiger partial charge on any atom is 0.272 e. The van der Waals surface area contributed by atoms with Crippen LogP contribution < -0.4 is 5.32 Å². The summed E-state index contributed by atoms with van der Waals surface area (Å²) < 4.78 is 7.57. The van der Waals surface area contributed by atoms with Gasteiger partial charge in [0.25, 0.3) is 5.91 Å². The standard InChI is InChI=1S/C19H31N5O2/c1-2-20-19(25)18-16-14-23(8-7-22-9-11-26-12-10-22)6-5-17(16)24(21-18)13-15-3-4-15/h15H,2-14H2,1H3,(H,20,25). The Hall–Kier alpha value is -1.44. The van der Waals surface area contributed by atoms with Crippen LogP contribution in [0.25, 0.3) is 0 Å². The van der Waals surface area contributed by atoms with E-state index < -0.39 is 0 Å². The van der Waals surface area contributed by atoms with Crippen molar-refractivity contribution in [2.75, 3.05) is 52.5 Å². The van der Waals surface area contributed by atoms with Crippen molar-refractivity contribution in [3.63, 3.8) is 0 Å². The monoisotopic (exact) mass is 361 g/mol. The van der Waals surface area contributed by atoms with E-state index in [9.17, 15) is 4.79 Å². The van der Waals surface area contributed by atoms with Crippen molar-refractivity contribution >= 4 is 5.91 Å². The van der Waals surface area contributed by atoms with Crippen molar-refractivity contribution in [1.82, 2.24) is 24.9 Å². The first-order valence-electron chi connectivity index (χ1n) is 10.1. The predicted octanol–water partition coefficient (Wildman–Crippen LogP) is 0.733. The van der Waals surface area contributed by atoms with Crippen LogP contribution in [-0.4, -0.2) is 78.0 Å². The van der Waals surface area contributed by atoms with Crippen molar-refractivity contribution in [3.8, 4) is 0 Å². The van der Waals surface area contributed by atoms with E-state index in [0.717, 1.165) is 76.9 Å². The van der Waals surface area contributed by atoms with E-state index in [-0.39, 0.29) is 5.91 Å². The first kappa shape index (κ1) is 17.9. The lowest BCUT2D eigenvalue weighted by Gasteiger charge is -2.32. The van der Waals surface area contributed by atoms with E-state index in [1.54, 1.807) is 0 Å². The molecule has 144 valence electrons. The first-order chi connectivity index (χ1) is 12.7. The highest BCUT2D eigenvalue weighted by Gasteiger charge is 2.30. The molecule has 0 aromatic carbocycles. The fourth-order valence-electron chi connectivity index (χ4n) is 3.97. The van der Waals surface area contributed by atoms with E-state index in [4.69, 9.17) is 9.84 Å². The Kier molecular flexibility index (Phi) is 5.57. The molecule has 0 atom stereocenters. The Morgan fingerprint density at radius 3 is 2.69 bits per heavy atom. The molecule has 1 amide bonds. The zero-order chi connectivity index (χ0) is 17.9. The number of carbonyl (C=O) groups is 1. The summed E-state index contributed by atoms with van der Waals surface area (Å²) in [6.45, 7) is 11.4. The number of rotatable bonds is 7. The number of carbonyl (C=O) groups excluding carboxylic acids is 1. The van der Waals surface area contributed by atoms with Gasteiger partial charge in [0.05, 0.1) is 13.2 Å². The van der Waals surface area contributed by atoms with Crippen LogP contribution in [0.1, 0.15) is 41.5 Å². The molecule has 1 aliphatic carbocycles. The van der Waals surface area contributed by atoms with Gasteiger partial charge in [0.1, 0.15) is 0 Å². The van der Waals surface area contributed by atoms with Crippen molar-refractivity contribution in [1.29, 1.82) is 0 Å². The summed E-state index contributed by atoms with van der Waals surface area (Å²) in [5, 5.41) is 7.66. The first-order valence-corrected chi connectivity index (χ1v) is 10.1. The molecule has 2 fully saturated rings. The highest BCUT2D eigenvalue weighted by molar-refractivity contribution is 5.94. The van der Waals surface area contributed by atoms with Crippen LogP contribution in [0.15, 0.2) is 0 Å². The molecule has 7 nitrogen and oxygen atoms in total. The SMILES string of the molecule is CCNC(=O)c1nn(CC2CC2)c2c1CN(CCN1CCOCC1)CC2. The average Bonchev–Trinajstić information content (AvgIpc) is 3.41. The molecular formula is C19H31N5O2. The number of hydrogen-bond donors (Lipinski definition) is 1. The smallest absolute Gasteiger partial charge is 0.272 e. The zero-order valence-electron chi connectivity index (χ0n) is 15.9. The maximum absolute atomic E-state index is 12.5. The van der Waals surface area contributed by atoms with Gasteiger partial charge in [0.15, 0.2) is 5.69 Å². The second-order valence-electron chi connectivity index (χ2n) is 7.74. The van der Waals surface area contributed by atoms with Crippen LogP contribution in [-0.2, 0) is 24.2 Å². The minimum absolute atomic E-state index is 0.0201. The van der Waals surface area contributed by atoms with Crippen molar-refractivity contribution < 1.29 is 9.53 Å². The summed E-state index contributed by atoms with van der Waals surface area (Å²) in [5.74, 6) is 0.744. The van der Waals surface area contributed by atoms with Gasteiger partial charge in [0, 0.05) is 70.0 Å². The minimum Gasteiger partial charge on any atom is -0.379 e. The molecule has 1 aromatic heterocycles. The number of aromatic nitrogens is 2. The number of hydrogen-bond acceptors (Lipinski definition) is 5. The van der Waals surface area contributed by atoms with Gasteiger partial charge in [-0.25, -0.2) is 0 Å². The molecule has 3 aliphatic rings. The summed E-state index contributed by atoms with van der Waals surface area (Å²) >= 11 is 0. The lowest BCUT2D eigenvalue weighted by molar-refractivity contribution is 0.0326. The molecule has 0 unspecified atom stereocenters. The van der Waals surface area contributed by atoms with Crippen LogP contribution in [0, 0.1) is 5.92 Å². The minimum atomic E-state index is -0.0201. The molecule has 7 heteroatoms. The molecule has 1 saturated heterocycles. The normalized spacial score (nSPS) is 21.6. The number of nitrogens with zero attached hydrogens (tertiary/aromatic N) is 4. The van der Waals surface area contributed by atoms with Gasteiger partial charge in [-0.1, -0.05) is 0 Å². The van der Waals surface area contributed by atoms with Gasteiger partial charge in [-0.3, -0.25) is 19.3 Å². The number of amides is 1.